The van der Waals surface area contributed by atoms with E-state index in [9.17, 15) is 19.1 Å². The van der Waals surface area contributed by atoms with Crippen molar-refractivity contribution in [1.82, 2.24) is 10.2 Å². The number of nitrogens with zero attached hydrogens (tertiary/aromatic N) is 4. The average Bonchev–Trinajstić information content (AvgIpc) is 2.64. The molecule has 2 fully saturated rings. The topological polar surface area (TPSA) is 128 Å². The lowest BCUT2D eigenvalue weighted by atomic mass is 10.1. The number of hydrogen-bond acceptors (Lipinski definition) is 5. The Morgan fingerprint density at radius 1 is 1.68 bits per heavy atom. The largest absolute Gasteiger partial charge is 0.388 e. The van der Waals surface area contributed by atoms with Crippen molar-refractivity contribution >= 4 is 11.9 Å². The number of urea groups is 1. The van der Waals surface area contributed by atoms with Crippen LogP contribution in [0.15, 0.2) is 5.11 Å². The number of carbonyl (C=O) groups is 2. The molecule has 9 nitrogen and oxygen atoms in total. The molecule has 2 rings (SSSR count). The number of azide groups is 1. The molecule has 2 heterocycles. The summed E-state index contributed by atoms with van der Waals surface area (Å²) in [4.78, 5) is 26.0. The Morgan fingerprint density at radius 2 is 2.37 bits per heavy atom. The molecule has 10 heteroatoms. The van der Waals surface area contributed by atoms with Crippen LogP contribution in [0.2, 0.25) is 0 Å². The summed E-state index contributed by atoms with van der Waals surface area (Å²) < 4.78 is 19.4. The number of rotatable bonds is 2. The molecular formula is C9H12FN5O4. The van der Waals surface area contributed by atoms with Gasteiger partial charge in [0, 0.05) is 11.3 Å². The highest BCUT2D eigenvalue weighted by Crippen LogP contribution is 2.28. The first-order valence-corrected chi connectivity index (χ1v) is 5.58. The van der Waals surface area contributed by atoms with Gasteiger partial charge in [-0.3, -0.25) is 15.0 Å². The normalized spacial score (nSPS) is 38.9. The number of aliphatic hydroxyl groups excluding tert-OH is 1. The zero-order chi connectivity index (χ0) is 14.2. The average molecular weight is 273 g/mol. The summed E-state index contributed by atoms with van der Waals surface area (Å²) in [6.07, 6.45) is -2.10. The molecule has 0 bridgehead atoms. The first-order valence-electron chi connectivity index (χ1n) is 5.58. The van der Waals surface area contributed by atoms with Crippen molar-refractivity contribution in [3.05, 3.63) is 10.4 Å². The number of aliphatic hydroxyl groups is 1. The minimum Gasteiger partial charge on any atom is -0.388 e. The van der Waals surface area contributed by atoms with Gasteiger partial charge in [0.15, 0.2) is 6.23 Å². The van der Waals surface area contributed by atoms with E-state index in [4.69, 9.17) is 10.3 Å². The van der Waals surface area contributed by atoms with Crippen LogP contribution >= 0.6 is 0 Å². The van der Waals surface area contributed by atoms with Gasteiger partial charge < -0.3 is 9.84 Å². The molecule has 0 aromatic carbocycles. The highest BCUT2D eigenvalue weighted by molar-refractivity contribution is 6.01. The predicted octanol–water partition coefficient (Wildman–Crippen LogP) is 0.0101. The molecule has 0 aromatic rings. The highest BCUT2D eigenvalue weighted by Gasteiger charge is 2.51. The van der Waals surface area contributed by atoms with Crippen LogP contribution in [-0.2, 0) is 9.53 Å². The monoisotopic (exact) mass is 273 g/mol. The molecule has 2 aliphatic heterocycles. The summed E-state index contributed by atoms with van der Waals surface area (Å²) in [5, 5.41) is 14.2. The lowest BCUT2D eigenvalue weighted by Crippen LogP contribution is -2.65. The SMILES string of the molecule is C[C@@H]1C[C@@H](O)[C@H](N2CC(F)(N=[N+]=[N-])C(=O)NC2=O)O1. The molecule has 0 saturated carbocycles. The first kappa shape index (κ1) is 13.5. The maximum Gasteiger partial charge on any atom is 0.326 e. The van der Waals surface area contributed by atoms with E-state index in [0.717, 1.165) is 4.90 Å². The van der Waals surface area contributed by atoms with Crippen LogP contribution in [-0.4, -0.2) is 52.7 Å². The molecule has 104 valence electrons. The Hall–Kier alpha value is -1.90. The van der Waals surface area contributed by atoms with E-state index in [1.165, 1.54) is 0 Å². The van der Waals surface area contributed by atoms with Gasteiger partial charge in [0.2, 0.25) is 0 Å². The van der Waals surface area contributed by atoms with Gasteiger partial charge in [-0.15, -0.1) is 0 Å². The summed E-state index contributed by atoms with van der Waals surface area (Å²) in [6.45, 7) is 0.891. The van der Waals surface area contributed by atoms with E-state index >= 15 is 0 Å². The molecule has 3 amide bonds. The standard InChI is InChI=1S/C9H12FN5O4/c1-4-2-5(16)6(19-4)15-3-9(10,13-14-11)7(17)12-8(15)18/h4-6,16H,2-3H2,1H3,(H,12,17,18)/t4-,5-,6-,9?/m1/s1. The molecule has 0 spiro atoms. The Bertz CT molecular complexity index is 468. The summed E-state index contributed by atoms with van der Waals surface area (Å²) in [5.41, 5.74) is 8.27. The van der Waals surface area contributed by atoms with Gasteiger partial charge in [-0.25, -0.2) is 9.18 Å². The van der Waals surface area contributed by atoms with Crippen LogP contribution in [0.25, 0.3) is 10.4 Å². The Labute approximate surface area is 106 Å². The van der Waals surface area contributed by atoms with Crippen molar-refractivity contribution in [3.63, 3.8) is 0 Å². The predicted molar refractivity (Wildman–Crippen MR) is 58.2 cm³/mol. The molecule has 19 heavy (non-hydrogen) atoms. The lowest BCUT2D eigenvalue weighted by molar-refractivity contribution is -0.141. The molecule has 0 radical (unpaired) electrons. The van der Waals surface area contributed by atoms with Crippen molar-refractivity contribution in [2.75, 3.05) is 6.54 Å². The summed E-state index contributed by atoms with van der Waals surface area (Å²) in [7, 11) is 0. The van der Waals surface area contributed by atoms with E-state index in [1.54, 1.807) is 12.2 Å². The van der Waals surface area contributed by atoms with Crippen LogP contribution in [0, 0.1) is 0 Å². The third kappa shape index (κ3) is 2.33. The van der Waals surface area contributed by atoms with Gasteiger partial charge in [-0.1, -0.05) is 0 Å². The second kappa shape index (κ2) is 4.65. The van der Waals surface area contributed by atoms with Crippen molar-refractivity contribution in [2.24, 2.45) is 5.11 Å². The molecular weight excluding hydrogens is 261 g/mol. The number of carbonyl (C=O) groups excluding carboxylic acids is 2. The van der Waals surface area contributed by atoms with Crippen LogP contribution in [0.3, 0.4) is 0 Å². The second-order valence-corrected chi connectivity index (χ2v) is 4.48. The number of alkyl halides is 1. The molecule has 0 aromatic heterocycles. The van der Waals surface area contributed by atoms with Crippen LogP contribution in [0.5, 0.6) is 0 Å². The molecule has 1 unspecified atom stereocenters. The van der Waals surface area contributed by atoms with Gasteiger partial charge in [0.25, 0.3) is 11.7 Å². The minimum absolute atomic E-state index is 0.281. The van der Waals surface area contributed by atoms with Crippen molar-refractivity contribution < 1.29 is 23.8 Å². The second-order valence-electron chi connectivity index (χ2n) is 4.48. The Kier molecular flexibility index (Phi) is 3.31. The maximum absolute atomic E-state index is 14.1. The molecule has 4 atom stereocenters. The smallest absolute Gasteiger partial charge is 0.326 e. The van der Waals surface area contributed by atoms with Gasteiger partial charge in [0.05, 0.1) is 12.6 Å². The van der Waals surface area contributed by atoms with Crippen LogP contribution < -0.4 is 5.32 Å². The number of nitrogens with one attached hydrogen (secondary N) is 1. The zero-order valence-corrected chi connectivity index (χ0v) is 9.99. The van der Waals surface area contributed by atoms with E-state index in [-0.39, 0.29) is 12.5 Å². The van der Waals surface area contributed by atoms with Gasteiger partial charge >= 0.3 is 6.03 Å². The van der Waals surface area contributed by atoms with E-state index < -0.39 is 36.6 Å². The summed E-state index contributed by atoms with van der Waals surface area (Å²) in [5.74, 6) is -4.23. The van der Waals surface area contributed by atoms with E-state index in [1.807, 2.05) is 0 Å². The Balaban J connectivity index is 2.23. The summed E-state index contributed by atoms with van der Waals surface area (Å²) in [6, 6.07) is -0.899. The number of hydrogen-bond donors (Lipinski definition) is 2. The number of amides is 3. The zero-order valence-electron chi connectivity index (χ0n) is 9.99. The van der Waals surface area contributed by atoms with Crippen molar-refractivity contribution in [2.45, 2.75) is 37.6 Å². The van der Waals surface area contributed by atoms with Gasteiger partial charge in [-0.05, 0) is 17.6 Å². The fourth-order valence-corrected chi connectivity index (χ4v) is 2.11. The fraction of sp³-hybridized carbons (Fsp3) is 0.778. The number of ether oxygens (including phenoxy) is 1. The molecule has 2 aliphatic rings. The minimum atomic E-state index is -2.91. The van der Waals surface area contributed by atoms with Crippen molar-refractivity contribution in [3.8, 4) is 0 Å². The molecule has 2 saturated heterocycles. The van der Waals surface area contributed by atoms with Gasteiger partial charge in [0.1, 0.15) is 6.10 Å². The number of imide groups is 1. The molecule has 0 aliphatic carbocycles. The summed E-state index contributed by atoms with van der Waals surface area (Å²) >= 11 is 0. The van der Waals surface area contributed by atoms with Crippen molar-refractivity contribution in [1.29, 1.82) is 0 Å². The fourth-order valence-electron chi connectivity index (χ4n) is 2.11. The van der Waals surface area contributed by atoms with Crippen LogP contribution in [0.1, 0.15) is 13.3 Å². The van der Waals surface area contributed by atoms with Crippen LogP contribution in [0.4, 0.5) is 9.18 Å². The van der Waals surface area contributed by atoms with E-state index in [0.29, 0.717) is 0 Å². The lowest BCUT2D eigenvalue weighted by Gasteiger charge is -2.37. The quantitative estimate of drug-likeness (QED) is 0.318. The third-order valence-corrected chi connectivity index (χ3v) is 2.99. The maximum atomic E-state index is 14.1. The highest BCUT2D eigenvalue weighted by atomic mass is 19.1. The van der Waals surface area contributed by atoms with E-state index in [2.05, 4.69) is 10.0 Å². The third-order valence-electron chi connectivity index (χ3n) is 2.99. The van der Waals surface area contributed by atoms with Gasteiger partial charge in [-0.2, -0.15) is 0 Å². The Morgan fingerprint density at radius 3 is 2.89 bits per heavy atom. The number of halogens is 1. The molecule has 2 N–H and O–H groups in total. The first-order chi connectivity index (χ1) is 8.87.